The zero-order valence-electron chi connectivity index (χ0n) is 11.2. The third kappa shape index (κ3) is 3.08. The van der Waals surface area contributed by atoms with E-state index in [2.05, 4.69) is 9.72 Å². The number of carboxylic acid groups (broad SMARTS) is 1. The maximum atomic E-state index is 11.4. The number of esters is 1. The number of nitrogens with zero attached hydrogens (tertiary/aromatic N) is 2. The number of carbonyl (C=O) groups excluding carboxylic acids is 1. The fourth-order valence-corrected chi connectivity index (χ4v) is 1.86. The summed E-state index contributed by atoms with van der Waals surface area (Å²) in [5.41, 5.74) is 0.704. The minimum atomic E-state index is -1.44. The molecule has 8 heteroatoms. The fourth-order valence-electron chi connectivity index (χ4n) is 1.86. The maximum absolute atomic E-state index is 11.4. The van der Waals surface area contributed by atoms with Crippen molar-refractivity contribution in [3.05, 3.63) is 33.1 Å². The second kappa shape index (κ2) is 6.09. The zero-order chi connectivity index (χ0) is 15.4. The molecule has 1 rings (SSSR count). The summed E-state index contributed by atoms with van der Waals surface area (Å²) < 4.78 is 4.41. The summed E-state index contributed by atoms with van der Waals surface area (Å²) in [5, 5.41) is 20.0. The lowest BCUT2D eigenvalue weighted by atomic mass is 9.99. The van der Waals surface area contributed by atoms with Gasteiger partial charge in [-0.25, -0.2) is 0 Å². The number of ether oxygens (including phenoxy) is 1. The Balaban J connectivity index is 3.21. The number of rotatable bonds is 5. The van der Waals surface area contributed by atoms with Gasteiger partial charge in [-0.2, -0.15) is 0 Å². The van der Waals surface area contributed by atoms with Gasteiger partial charge in [0.25, 0.3) is 5.69 Å². The third-order valence-corrected chi connectivity index (χ3v) is 2.94. The Bertz CT molecular complexity index is 569. The quantitative estimate of drug-likeness (QED) is 0.370. The van der Waals surface area contributed by atoms with Crippen LogP contribution in [0.4, 0.5) is 5.69 Å². The van der Waals surface area contributed by atoms with Gasteiger partial charge >= 0.3 is 11.9 Å². The lowest BCUT2D eigenvalue weighted by Crippen LogP contribution is -2.27. The second-order valence-electron chi connectivity index (χ2n) is 4.24. The smallest absolute Gasteiger partial charge is 0.320 e. The standard InChI is InChI=1S/C12H14N2O6/c1-6-5-13-9(7(2)10(6)14(18)19)4-8(11(15)16)12(17)20-3/h5,8H,4H2,1-3H3,(H,15,16). The first-order valence-corrected chi connectivity index (χ1v) is 5.69. The van der Waals surface area contributed by atoms with E-state index >= 15 is 0 Å². The van der Waals surface area contributed by atoms with E-state index in [9.17, 15) is 19.7 Å². The number of carbonyl (C=O) groups is 2. The SMILES string of the molecule is COC(=O)C(Cc1ncc(C)c([N+](=O)[O-])c1C)C(=O)O. The number of hydrogen-bond donors (Lipinski definition) is 1. The van der Waals surface area contributed by atoms with Crippen molar-refractivity contribution in [1.82, 2.24) is 4.98 Å². The van der Waals surface area contributed by atoms with Crippen LogP contribution < -0.4 is 0 Å². The lowest BCUT2D eigenvalue weighted by Gasteiger charge is -2.12. The molecule has 1 N–H and O–H groups in total. The predicted molar refractivity (Wildman–Crippen MR) is 67.2 cm³/mol. The Morgan fingerprint density at radius 3 is 2.55 bits per heavy atom. The fraction of sp³-hybridized carbons (Fsp3) is 0.417. The highest BCUT2D eigenvalue weighted by Crippen LogP contribution is 2.25. The van der Waals surface area contributed by atoms with Crippen LogP contribution in [0.15, 0.2) is 6.20 Å². The highest BCUT2D eigenvalue weighted by Gasteiger charge is 2.30. The van der Waals surface area contributed by atoms with Crippen LogP contribution >= 0.6 is 0 Å². The van der Waals surface area contributed by atoms with Crippen molar-refractivity contribution < 1.29 is 24.4 Å². The average molecular weight is 282 g/mol. The van der Waals surface area contributed by atoms with E-state index < -0.39 is 22.8 Å². The number of aliphatic carboxylic acids is 1. The number of methoxy groups -OCH3 is 1. The van der Waals surface area contributed by atoms with Crippen molar-refractivity contribution >= 4 is 17.6 Å². The molecule has 1 aromatic rings. The molecule has 8 nitrogen and oxygen atoms in total. The summed E-state index contributed by atoms with van der Waals surface area (Å²) in [6.45, 7) is 3.01. The van der Waals surface area contributed by atoms with Gasteiger partial charge in [0.2, 0.25) is 0 Å². The van der Waals surface area contributed by atoms with Gasteiger partial charge in [-0.1, -0.05) is 0 Å². The van der Waals surface area contributed by atoms with Gasteiger partial charge in [-0.15, -0.1) is 0 Å². The first kappa shape index (κ1) is 15.5. The van der Waals surface area contributed by atoms with E-state index in [1.54, 1.807) is 0 Å². The van der Waals surface area contributed by atoms with Gasteiger partial charge in [0.05, 0.1) is 17.7 Å². The maximum Gasteiger partial charge on any atom is 0.320 e. The van der Waals surface area contributed by atoms with Gasteiger partial charge in [-0.3, -0.25) is 24.7 Å². The summed E-state index contributed by atoms with van der Waals surface area (Å²) in [7, 11) is 1.08. The summed E-state index contributed by atoms with van der Waals surface area (Å²) in [6, 6.07) is 0. The molecule has 108 valence electrons. The molecule has 1 unspecified atom stereocenters. The van der Waals surface area contributed by atoms with Gasteiger partial charge in [0, 0.05) is 23.7 Å². The monoisotopic (exact) mass is 282 g/mol. The molecule has 20 heavy (non-hydrogen) atoms. The van der Waals surface area contributed by atoms with Crippen molar-refractivity contribution in [2.24, 2.45) is 5.92 Å². The van der Waals surface area contributed by atoms with Crippen LogP contribution in [0.2, 0.25) is 0 Å². The van der Waals surface area contributed by atoms with Gasteiger partial charge in [-0.05, 0) is 13.8 Å². The molecule has 0 aliphatic heterocycles. The number of pyridine rings is 1. The first-order valence-electron chi connectivity index (χ1n) is 5.69. The van der Waals surface area contributed by atoms with E-state index in [1.165, 1.54) is 20.0 Å². The highest BCUT2D eigenvalue weighted by molar-refractivity contribution is 5.94. The normalized spacial score (nSPS) is 11.8. The molecular weight excluding hydrogens is 268 g/mol. The third-order valence-electron chi connectivity index (χ3n) is 2.94. The van der Waals surface area contributed by atoms with E-state index in [-0.39, 0.29) is 23.4 Å². The minimum absolute atomic E-state index is 0.121. The molecular formula is C12H14N2O6. The molecule has 0 aliphatic rings. The molecule has 0 saturated carbocycles. The van der Waals surface area contributed by atoms with Crippen molar-refractivity contribution in [3.8, 4) is 0 Å². The predicted octanol–water partition coefficient (Wildman–Crippen LogP) is 1.02. The molecule has 0 bridgehead atoms. The molecule has 0 aliphatic carbocycles. The molecule has 1 atom stereocenters. The summed E-state index contributed by atoms with van der Waals surface area (Å²) in [6.07, 6.45) is 1.03. The number of carboxylic acids is 1. The van der Waals surface area contributed by atoms with Crippen molar-refractivity contribution in [2.45, 2.75) is 20.3 Å². The zero-order valence-corrected chi connectivity index (χ0v) is 11.2. The largest absolute Gasteiger partial charge is 0.481 e. The van der Waals surface area contributed by atoms with Crippen LogP contribution in [0.3, 0.4) is 0 Å². The van der Waals surface area contributed by atoms with Crippen LogP contribution in [-0.4, -0.2) is 34.1 Å². The van der Waals surface area contributed by atoms with Crippen LogP contribution in [0, 0.1) is 29.9 Å². The Kier molecular flexibility index (Phi) is 4.73. The van der Waals surface area contributed by atoms with Gasteiger partial charge < -0.3 is 9.84 Å². The molecule has 1 heterocycles. The van der Waals surface area contributed by atoms with Gasteiger partial charge in [0.15, 0.2) is 5.92 Å². The number of aromatic nitrogens is 1. The summed E-state index contributed by atoms with van der Waals surface area (Å²) >= 11 is 0. The van der Waals surface area contributed by atoms with E-state index in [1.807, 2.05) is 0 Å². The van der Waals surface area contributed by atoms with Crippen LogP contribution in [0.5, 0.6) is 0 Å². The Morgan fingerprint density at radius 1 is 1.50 bits per heavy atom. The molecule has 0 amide bonds. The first-order chi connectivity index (χ1) is 9.29. The van der Waals surface area contributed by atoms with E-state index in [0.29, 0.717) is 5.56 Å². The van der Waals surface area contributed by atoms with Crippen LogP contribution in [-0.2, 0) is 20.7 Å². The summed E-state index contributed by atoms with van der Waals surface area (Å²) in [4.78, 5) is 36.8. The van der Waals surface area contributed by atoms with Crippen LogP contribution in [0.1, 0.15) is 16.8 Å². The topological polar surface area (TPSA) is 120 Å². The van der Waals surface area contributed by atoms with E-state index in [4.69, 9.17) is 5.11 Å². The van der Waals surface area contributed by atoms with Crippen molar-refractivity contribution in [3.63, 3.8) is 0 Å². The van der Waals surface area contributed by atoms with Crippen LogP contribution in [0.25, 0.3) is 0 Å². The molecule has 0 aromatic carbocycles. The van der Waals surface area contributed by atoms with E-state index in [0.717, 1.165) is 7.11 Å². The van der Waals surface area contributed by atoms with Crippen molar-refractivity contribution in [2.75, 3.05) is 7.11 Å². The molecule has 0 spiro atoms. The second-order valence-corrected chi connectivity index (χ2v) is 4.24. The Labute approximate surface area is 114 Å². The molecule has 0 saturated heterocycles. The molecule has 1 aromatic heterocycles. The lowest BCUT2D eigenvalue weighted by molar-refractivity contribution is -0.386. The Hall–Kier alpha value is -2.51. The number of nitro groups is 1. The highest BCUT2D eigenvalue weighted by atomic mass is 16.6. The van der Waals surface area contributed by atoms with Crippen molar-refractivity contribution in [1.29, 1.82) is 0 Å². The number of hydrogen-bond acceptors (Lipinski definition) is 6. The van der Waals surface area contributed by atoms with Gasteiger partial charge in [0.1, 0.15) is 0 Å². The number of aryl methyl sites for hydroxylation is 1. The minimum Gasteiger partial charge on any atom is -0.481 e. The average Bonchev–Trinajstić information content (AvgIpc) is 2.36. The molecule has 0 radical (unpaired) electrons. The Morgan fingerprint density at radius 2 is 2.10 bits per heavy atom. The molecule has 0 fully saturated rings. The summed E-state index contributed by atoms with van der Waals surface area (Å²) in [5.74, 6) is -3.71.